The predicted octanol–water partition coefficient (Wildman–Crippen LogP) is 0.790. The Bertz CT molecular complexity index is 118. The summed E-state index contributed by atoms with van der Waals surface area (Å²) in [6.45, 7) is 0.0348. The molecule has 0 saturated heterocycles. The van der Waals surface area contributed by atoms with Gasteiger partial charge in [0.2, 0.25) is 0 Å². The summed E-state index contributed by atoms with van der Waals surface area (Å²) in [5, 5.41) is 16.5. The molecule has 0 saturated carbocycles. The molecule has 0 unspecified atom stereocenters. The average Bonchev–Trinajstić information content (AvgIpc) is 1.87. The number of aliphatic carboxylic acids is 1. The molecule has 0 aromatic heterocycles. The van der Waals surface area contributed by atoms with E-state index in [9.17, 15) is 4.79 Å². The third-order valence-corrected chi connectivity index (χ3v) is 1.03. The molecular weight excluding hydrogens is 132 g/mol. The van der Waals surface area contributed by atoms with E-state index in [-0.39, 0.29) is 13.0 Å². The Morgan fingerprint density at radius 1 is 1.40 bits per heavy atom. The second kappa shape index (κ2) is 6.29. The molecular formula is C7H12O3. The van der Waals surface area contributed by atoms with Crippen molar-refractivity contribution in [3.8, 4) is 0 Å². The van der Waals surface area contributed by atoms with Gasteiger partial charge >= 0.3 is 5.97 Å². The van der Waals surface area contributed by atoms with Crippen LogP contribution in [0.15, 0.2) is 12.2 Å². The van der Waals surface area contributed by atoms with Crippen LogP contribution in [0, 0.1) is 0 Å². The van der Waals surface area contributed by atoms with Crippen molar-refractivity contribution in [1.82, 2.24) is 0 Å². The van der Waals surface area contributed by atoms with Gasteiger partial charge < -0.3 is 10.2 Å². The molecule has 0 spiro atoms. The van der Waals surface area contributed by atoms with Gasteiger partial charge in [-0.05, 0) is 12.8 Å². The van der Waals surface area contributed by atoms with Gasteiger partial charge in [0.1, 0.15) is 0 Å². The maximum Gasteiger partial charge on any atom is 0.303 e. The van der Waals surface area contributed by atoms with E-state index in [1.807, 2.05) is 0 Å². The highest BCUT2D eigenvalue weighted by atomic mass is 16.4. The molecule has 0 aliphatic carbocycles. The van der Waals surface area contributed by atoms with Crippen molar-refractivity contribution in [2.75, 3.05) is 6.61 Å². The minimum atomic E-state index is -0.766. The molecule has 10 heavy (non-hydrogen) atoms. The zero-order chi connectivity index (χ0) is 7.82. The largest absolute Gasteiger partial charge is 0.481 e. The van der Waals surface area contributed by atoms with Gasteiger partial charge in [0, 0.05) is 6.42 Å². The SMILES string of the molecule is O=C(O)CCCC=CCO. The number of aliphatic hydroxyl groups is 1. The van der Waals surface area contributed by atoms with Crippen molar-refractivity contribution in [2.24, 2.45) is 0 Å². The second-order valence-corrected chi connectivity index (χ2v) is 1.94. The lowest BCUT2D eigenvalue weighted by Crippen LogP contribution is -1.92. The lowest BCUT2D eigenvalue weighted by molar-refractivity contribution is -0.137. The first-order chi connectivity index (χ1) is 4.77. The van der Waals surface area contributed by atoms with Crippen molar-refractivity contribution in [3.63, 3.8) is 0 Å². The summed E-state index contributed by atoms with van der Waals surface area (Å²) in [7, 11) is 0. The van der Waals surface area contributed by atoms with Crippen LogP contribution in [0.2, 0.25) is 0 Å². The van der Waals surface area contributed by atoms with E-state index in [4.69, 9.17) is 10.2 Å². The van der Waals surface area contributed by atoms with Gasteiger partial charge in [0.05, 0.1) is 6.61 Å². The van der Waals surface area contributed by atoms with E-state index in [0.717, 1.165) is 6.42 Å². The standard InChI is InChI=1S/C7H12O3/c8-6-4-2-1-3-5-7(9)10/h2,4,8H,1,3,5-6H2,(H,9,10). The fourth-order valence-electron chi connectivity index (χ4n) is 0.564. The smallest absolute Gasteiger partial charge is 0.303 e. The number of carbonyl (C=O) groups is 1. The van der Waals surface area contributed by atoms with Crippen LogP contribution < -0.4 is 0 Å². The minimum Gasteiger partial charge on any atom is -0.481 e. The summed E-state index contributed by atoms with van der Waals surface area (Å²) >= 11 is 0. The molecule has 58 valence electrons. The van der Waals surface area contributed by atoms with E-state index in [1.165, 1.54) is 0 Å². The Hall–Kier alpha value is -0.830. The summed E-state index contributed by atoms with van der Waals surface area (Å²) in [6, 6.07) is 0. The highest BCUT2D eigenvalue weighted by molar-refractivity contribution is 5.66. The molecule has 3 heteroatoms. The molecule has 0 aliphatic rings. The van der Waals surface area contributed by atoms with Crippen LogP contribution >= 0.6 is 0 Å². The molecule has 3 nitrogen and oxygen atoms in total. The molecule has 0 fully saturated rings. The third-order valence-electron chi connectivity index (χ3n) is 1.03. The number of aliphatic hydroxyl groups excluding tert-OH is 1. The Kier molecular flexibility index (Phi) is 5.77. The summed E-state index contributed by atoms with van der Waals surface area (Å²) in [4.78, 5) is 9.96. The van der Waals surface area contributed by atoms with Crippen molar-refractivity contribution >= 4 is 5.97 Å². The van der Waals surface area contributed by atoms with Crippen molar-refractivity contribution in [2.45, 2.75) is 19.3 Å². The lowest BCUT2D eigenvalue weighted by atomic mass is 10.2. The van der Waals surface area contributed by atoms with Crippen LogP contribution in [0.3, 0.4) is 0 Å². The Morgan fingerprint density at radius 2 is 2.10 bits per heavy atom. The van der Waals surface area contributed by atoms with Gasteiger partial charge in [-0.25, -0.2) is 0 Å². The maximum atomic E-state index is 9.96. The highest BCUT2D eigenvalue weighted by Crippen LogP contribution is 1.95. The van der Waals surface area contributed by atoms with Crippen molar-refractivity contribution in [1.29, 1.82) is 0 Å². The number of rotatable bonds is 5. The fraction of sp³-hybridized carbons (Fsp3) is 0.571. The molecule has 0 bridgehead atoms. The van der Waals surface area contributed by atoms with Crippen LogP contribution in [0.1, 0.15) is 19.3 Å². The molecule has 0 amide bonds. The second-order valence-electron chi connectivity index (χ2n) is 1.94. The predicted molar refractivity (Wildman–Crippen MR) is 37.7 cm³/mol. The molecule has 0 rings (SSSR count). The first-order valence-corrected chi connectivity index (χ1v) is 3.25. The van der Waals surface area contributed by atoms with E-state index in [1.54, 1.807) is 12.2 Å². The van der Waals surface area contributed by atoms with E-state index in [2.05, 4.69) is 0 Å². The van der Waals surface area contributed by atoms with Crippen LogP contribution in [0.4, 0.5) is 0 Å². The molecule has 2 N–H and O–H groups in total. The topological polar surface area (TPSA) is 57.5 Å². The Labute approximate surface area is 60.0 Å². The number of allylic oxidation sites excluding steroid dienone is 1. The molecule has 0 radical (unpaired) electrons. The molecule has 0 atom stereocenters. The van der Waals surface area contributed by atoms with Gasteiger partial charge in [-0.1, -0.05) is 12.2 Å². The normalized spacial score (nSPS) is 10.5. The van der Waals surface area contributed by atoms with E-state index in [0.29, 0.717) is 6.42 Å². The quantitative estimate of drug-likeness (QED) is 0.443. The van der Waals surface area contributed by atoms with Gasteiger partial charge in [-0.15, -0.1) is 0 Å². The van der Waals surface area contributed by atoms with Crippen LogP contribution in [-0.2, 0) is 4.79 Å². The molecule has 0 aromatic carbocycles. The van der Waals surface area contributed by atoms with Gasteiger partial charge in [-0.2, -0.15) is 0 Å². The lowest BCUT2D eigenvalue weighted by Gasteiger charge is -1.88. The number of carboxylic acids is 1. The summed E-state index contributed by atoms with van der Waals surface area (Å²) in [5.41, 5.74) is 0. The summed E-state index contributed by atoms with van der Waals surface area (Å²) in [5.74, 6) is -0.766. The highest BCUT2D eigenvalue weighted by Gasteiger charge is 1.92. The fourth-order valence-corrected chi connectivity index (χ4v) is 0.564. The number of carboxylic acid groups (broad SMARTS) is 1. The minimum absolute atomic E-state index is 0.0348. The zero-order valence-corrected chi connectivity index (χ0v) is 5.79. The average molecular weight is 144 g/mol. The number of unbranched alkanes of at least 4 members (excludes halogenated alkanes) is 1. The summed E-state index contributed by atoms with van der Waals surface area (Å²) < 4.78 is 0. The molecule has 0 aromatic rings. The number of hydrogen-bond donors (Lipinski definition) is 2. The number of hydrogen-bond acceptors (Lipinski definition) is 2. The van der Waals surface area contributed by atoms with Gasteiger partial charge in [0.25, 0.3) is 0 Å². The maximum absolute atomic E-state index is 9.96. The Balaban J connectivity index is 3.05. The first kappa shape index (κ1) is 9.17. The molecule has 0 aliphatic heterocycles. The zero-order valence-electron chi connectivity index (χ0n) is 5.79. The monoisotopic (exact) mass is 144 g/mol. The van der Waals surface area contributed by atoms with E-state index >= 15 is 0 Å². The van der Waals surface area contributed by atoms with Gasteiger partial charge in [0.15, 0.2) is 0 Å². The van der Waals surface area contributed by atoms with Crippen molar-refractivity contribution < 1.29 is 15.0 Å². The van der Waals surface area contributed by atoms with Crippen LogP contribution in [0.5, 0.6) is 0 Å². The first-order valence-electron chi connectivity index (χ1n) is 3.25. The summed E-state index contributed by atoms with van der Waals surface area (Å²) in [6.07, 6.45) is 4.97. The Morgan fingerprint density at radius 3 is 2.60 bits per heavy atom. The van der Waals surface area contributed by atoms with Crippen LogP contribution in [-0.4, -0.2) is 22.8 Å². The van der Waals surface area contributed by atoms with E-state index < -0.39 is 5.97 Å². The van der Waals surface area contributed by atoms with Gasteiger partial charge in [-0.3, -0.25) is 4.79 Å². The van der Waals surface area contributed by atoms with Crippen molar-refractivity contribution in [3.05, 3.63) is 12.2 Å². The molecule has 0 heterocycles. The van der Waals surface area contributed by atoms with Crippen LogP contribution in [0.25, 0.3) is 0 Å². The third kappa shape index (κ3) is 7.17.